The first-order valence-electron chi connectivity index (χ1n) is 10.8. The number of rotatable bonds is 9. The van der Waals surface area contributed by atoms with Crippen molar-refractivity contribution in [3.05, 3.63) is 53.6 Å². The van der Waals surface area contributed by atoms with Gasteiger partial charge in [0.05, 0.1) is 6.54 Å². The van der Waals surface area contributed by atoms with E-state index in [1.54, 1.807) is 29.2 Å². The quantitative estimate of drug-likeness (QED) is 0.572. The molecule has 164 valence electrons. The molecule has 3 rings (SSSR count). The third-order valence-electron chi connectivity index (χ3n) is 5.42. The molecule has 1 fully saturated rings. The molecule has 1 aliphatic rings. The summed E-state index contributed by atoms with van der Waals surface area (Å²) in [6, 6.07) is 12.5. The van der Waals surface area contributed by atoms with E-state index in [2.05, 4.69) is 16.0 Å². The number of hydrogen-bond donors (Lipinski definition) is 3. The Balaban J connectivity index is 1.59. The molecule has 0 aliphatic heterocycles. The predicted molar refractivity (Wildman–Crippen MR) is 123 cm³/mol. The van der Waals surface area contributed by atoms with Crippen LogP contribution < -0.4 is 16.0 Å². The van der Waals surface area contributed by atoms with Gasteiger partial charge in [0.1, 0.15) is 0 Å². The second-order valence-corrected chi connectivity index (χ2v) is 7.70. The first-order valence-corrected chi connectivity index (χ1v) is 10.8. The largest absolute Gasteiger partial charge is 0.376 e. The SMILES string of the molecule is CCN(CC)C(=O)c1cccc(NC(=O)CNc2cccc(NC(=O)C3CC3)c2C)c1. The fourth-order valence-corrected chi connectivity index (χ4v) is 3.35. The maximum atomic E-state index is 12.5. The van der Waals surface area contributed by atoms with Crippen molar-refractivity contribution in [2.24, 2.45) is 5.92 Å². The Morgan fingerprint density at radius 1 is 0.968 bits per heavy atom. The van der Waals surface area contributed by atoms with Crippen LogP contribution >= 0.6 is 0 Å². The van der Waals surface area contributed by atoms with Gasteiger partial charge < -0.3 is 20.9 Å². The van der Waals surface area contributed by atoms with Crippen LogP contribution in [0.4, 0.5) is 17.1 Å². The molecule has 0 spiro atoms. The number of nitrogens with one attached hydrogen (secondary N) is 3. The normalized spacial score (nSPS) is 12.7. The summed E-state index contributed by atoms with van der Waals surface area (Å²) in [5.74, 6) is -0.0949. The minimum absolute atomic E-state index is 0.0529. The maximum Gasteiger partial charge on any atom is 0.253 e. The summed E-state index contributed by atoms with van der Waals surface area (Å²) in [5.41, 5.74) is 3.55. The Labute approximate surface area is 183 Å². The van der Waals surface area contributed by atoms with Crippen molar-refractivity contribution in [3.63, 3.8) is 0 Å². The van der Waals surface area contributed by atoms with Gasteiger partial charge in [0.15, 0.2) is 0 Å². The van der Waals surface area contributed by atoms with Crippen molar-refractivity contribution in [2.45, 2.75) is 33.6 Å². The molecular formula is C24H30N4O3. The van der Waals surface area contributed by atoms with Gasteiger partial charge >= 0.3 is 0 Å². The highest BCUT2D eigenvalue weighted by Crippen LogP contribution is 2.31. The number of carbonyl (C=O) groups is 3. The summed E-state index contributed by atoms with van der Waals surface area (Å²) in [6.07, 6.45) is 1.90. The van der Waals surface area contributed by atoms with E-state index in [-0.39, 0.29) is 30.2 Å². The number of amides is 3. The molecule has 1 saturated carbocycles. The molecule has 7 heteroatoms. The summed E-state index contributed by atoms with van der Waals surface area (Å²) >= 11 is 0. The van der Waals surface area contributed by atoms with E-state index < -0.39 is 0 Å². The lowest BCUT2D eigenvalue weighted by molar-refractivity contribution is -0.117. The van der Waals surface area contributed by atoms with Crippen molar-refractivity contribution < 1.29 is 14.4 Å². The van der Waals surface area contributed by atoms with Crippen molar-refractivity contribution in [2.75, 3.05) is 35.6 Å². The maximum absolute atomic E-state index is 12.5. The average molecular weight is 423 g/mol. The van der Waals surface area contributed by atoms with Crippen LogP contribution in [0.1, 0.15) is 42.6 Å². The van der Waals surface area contributed by atoms with Gasteiger partial charge in [-0.3, -0.25) is 14.4 Å². The van der Waals surface area contributed by atoms with Crippen molar-refractivity contribution in [1.29, 1.82) is 0 Å². The lowest BCUT2D eigenvalue weighted by atomic mass is 10.1. The van der Waals surface area contributed by atoms with E-state index in [1.165, 1.54) is 0 Å². The number of nitrogens with zero attached hydrogens (tertiary/aromatic N) is 1. The van der Waals surface area contributed by atoms with Gasteiger partial charge in [0.2, 0.25) is 11.8 Å². The predicted octanol–water partition coefficient (Wildman–Crippen LogP) is 3.88. The highest BCUT2D eigenvalue weighted by atomic mass is 16.2. The zero-order valence-corrected chi connectivity index (χ0v) is 18.3. The standard InChI is InChI=1S/C24H30N4O3/c1-4-28(5-2)24(31)18-8-6-9-19(14-18)26-22(29)15-25-20-10-7-11-21(16(20)3)27-23(30)17-12-13-17/h6-11,14,17,25H,4-5,12-13,15H2,1-3H3,(H,26,29)(H,27,30). The second-order valence-electron chi connectivity index (χ2n) is 7.70. The summed E-state index contributed by atoms with van der Waals surface area (Å²) in [6.45, 7) is 7.12. The van der Waals surface area contributed by atoms with Gasteiger partial charge in [-0.25, -0.2) is 0 Å². The Bertz CT molecular complexity index is 965. The lowest BCUT2D eigenvalue weighted by Crippen LogP contribution is -2.30. The fraction of sp³-hybridized carbons (Fsp3) is 0.375. The Kier molecular flexibility index (Phi) is 7.28. The van der Waals surface area contributed by atoms with Gasteiger partial charge in [0.25, 0.3) is 5.91 Å². The minimum atomic E-state index is -0.223. The third kappa shape index (κ3) is 5.84. The highest BCUT2D eigenvalue weighted by molar-refractivity contribution is 5.98. The molecular weight excluding hydrogens is 392 g/mol. The highest BCUT2D eigenvalue weighted by Gasteiger charge is 2.29. The first-order chi connectivity index (χ1) is 14.9. The molecule has 2 aromatic rings. The van der Waals surface area contributed by atoms with Gasteiger partial charge in [0, 0.05) is 41.6 Å². The molecule has 0 radical (unpaired) electrons. The Morgan fingerprint density at radius 2 is 1.65 bits per heavy atom. The lowest BCUT2D eigenvalue weighted by Gasteiger charge is -2.19. The van der Waals surface area contributed by atoms with Crippen LogP contribution in [-0.4, -0.2) is 42.3 Å². The van der Waals surface area contributed by atoms with E-state index in [1.807, 2.05) is 39.0 Å². The molecule has 0 heterocycles. The summed E-state index contributed by atoms with van der Waals surface area (Å²) in [7, 11) is 0. The summed E-state index contributed by atoms with van der Waals surface area (Å²) in [4.78, 5) is 38.7. The van der Waals surface area contributed by atoms with Gasteiger partial charge in [-0.1, -0.05) is 12.1 Å². The fourth-order valence-electron chi connectivity index (χ4n) is 3.35. The van der Waals surface area contributed by atoms with Crippen LogP contribution in [0, 0.1) is 12.8 Å². The third-order valence-corrected chi connectivity index (χ3v) is 5.42. The molecule has 2 aromatic carbocycles. The van der Waals surface area contributed by atoms with Crippen LogP contribution in [0.3, 0.4) is 0 Å². The van der Waals surface area contributed by atoms with E-state index in [9.17, 15) is 14.4 Å². The molecule has 0 bridgehead atoms. The second kappa shape index (κ2) is 10.1. The molecule has 1 aliphatic carbocycles. The van der Waals surface area contributed by atoms with E-state index in [4.69, 9.17) is 0 Å². The van der Waals surface area contributed by atoms with Gasteiger partial charge in [-0.05, 0) is 69.5 Å². The van der Waals surface area contributed by atoms with Crippen LogP contribution in [0.15, 0.2) is 42.5 Å². The zero-order chi connectivity index (χ0) is 22.4. The number of benzene rings is 2. The zero-order valence-electron chi connectivity index (χ0n) is 18.3. The van der Waals surface area contributed by atoms with Crippen molar-refractivity contribution >= 4 is 34.8 Å². The molecule has 0 atom stereocenters. The van der Waals surface area contributed by atoms with E-state index in [0.717, 1.165) is 29.8 Å². The number of carbonyl (C=O) groups excluding carboxylic acids is 3. The molecule has 3 N–H and O–H groups in total. The topological polar surface area (TPSA) is 90.5 Å². The molecule has 0 aromatic heterocycles. The molecule has 7 nitrogen and oxygen atoms in total. The number of hydrogen-bond acceptors (Lipinski definition) is 4. The van der Waals surface area contributed by atoms with Crippen LogP contribution in [0.5, 0.6) is 0 Å². The smallest absolute Gasteiger partial charge is 0.253 e. The van der Waals surface area contributed by atoms with Crippen LogP contribution in [0.2, 0.25) is 0 Å². The number of anilines is 3. The van der Waals surface area contributed by atoms with E-state index >= 15 is 0 Å². The average Bonchev–Trinajstić information content (AvgIpc) is 3.61. The van der Waals surface area contributed by atoms with Gasteiger partial charge in [-0.15, -0.1) is 0 Å². The molecule has 3 amide bonds. The molecule has 31 heavy (non-hydrogen) atoms. The molecule has 0 saturated heterocycles. The van der Waals surface area contributed by atoms with Gasteiger partial charge in [-0.2, -0.15) is 0 Å². The Hall–Kier alpha value is -3.35. The van der Waals surface area contributed by atoms with Crippen molar-refractivity contribution in [3.8, 4) is 0 Å². The van der Waals surface area contributed by atoms with Crippen LogP contribution in [-0.2, 0) is 9.59 Å². The first kappa shape index (κ1) is 22.3. The van der Waals surface area contributed by atoms with Crippen LogP contribution in [0.25, 0.3) is 0 Å². The van der Waals surface area contributed by atoms with Crippen molar-refractivity contribution in [1.82, 2.24) is 4.90 Å². The summed E-state index contributed by atoms with van der Waals surface area (Å²) in [5, 5.41) is 8.92. The Morgan fingerprint density at radius 3 is 2.32 bits per heavy atom. The van der Waals surface area contributed by atoms with E-state index in [0.29, 0.717) is 24.3 Å². The monoisotopic (exact) mass is 422 g/mol. The summed E-state index contributed by atoms with van der Waals surface area (Å²) < 4.78 is 0. The molecule has 0 unspecified atom stereocenters. The minimum Gasteiger partial charge on any atom is -0.376 e.